The number of nitrogens with zero attached hydrogens (tertiary/aromatic N) is 3. The number of ether oxygens (including phenoxy) is 1. The van der Waals surface area contributed by atoms with Crippen LogP contribution in [0, 0.1) is 5.41 Å². The minimum absolute atomic E-state index is 0.000933. The monoisotopic (exact) mass is 343 g/mol. The minimum Gasteiger partial charge on any atom is -0.379 e. The van der Waals surface area contributed by atoms with Gasteiger partial charge in [0.05, 0.1) is 18.1 Å². The van der Waals surface area contributed by atoms with Crippen LogP contribution in [-0.2, 0) is 4.74 Å². The molecule has 0 N–H and O–H groups in total. The van der Waals surface area contributed by atoms with Crippen LogP contribution in [0.2, 0.25) is 0 Å². The first-order valence-corrected chi connectivity index (χ1v) is 9.20. The Morgan fingerprint density at radius 2 is 2.17 bits per heavy atom. The van der Waals surface area contributed by atoms with E-state index in [9.17, 15) is 4.79 Å². The molecule has 4 rings (SSSR count). The van der Waals surface area contributed by atoms with Crippen molar-refractivity contribution in [2.45, 2.75) is 6.42 Å². The average Bonchev–Trinajstić information content (AvgIpc) is 3.24. The molecular formula is C18H21N3O2S. The van der Waals surface area contributed by atoms with Crippen LogP contribution in [0.4, 0.5) is 5.82 Å². The molecule has 1 spiro atoms. The van der Waals surface area contributed by atoms with E-state index >= 15 is 0 Å². The maximum absolute atomic E-state index is 12.8. The highest BCUT2D eigenvalue weighted by Crippen LogP contribution is 2.35. The van der Waals surface area contributed by atoms with Crippen LogP contribution in [0.5, 0.6) is 0 Å². The van der Waals surface area contributed by atoms with Gasteiger partial charge in [-0.15, -0.1) is 11.3 Å². The zero-order chi connectivity index (χ0) is 16.4. The fourth-order valence-corrected chi connectivity index (χ4v) is 4.33. The number of pyridine rings is 1. The molecule has 0 saturated carbocycles. The van der Waals surface area contributed by atoms with Gasteiger partial charge < -0.3 is 14.5 Å². The molecule has 24 heavy (non-hydrogen) atoms. The van der Waals surface area contributed by atoms with Crippen molar-refractivity contribution in [1.82, 2.24) is 9.88 Å². The smallest absolute Gasteiger partial charge is 0.264 e. The highest BCUT2D eigenvalue weighted by molar-refractivity contribution is 7.12. The summed E-state index contributed by atoms with van der Waals surface area (Å²) in [5, 5.41) is 1.95. The SMILES string of the molecule is O=C(c1cccs1)N1CCOCC2(CCN(c3ccccn3)C2)C1. The maximum atomic E-state index is 12.8. The largest absolute Gasteiger partial charge is 0.379 e. The fraction of sp³-hybridized carbons (Fsp3) is 0.444. The van der Waals surface area contributed by atoms with E-state index in [2.05, 4.69) is 9.88 Å². The van der Waals surface area contributed by atoms with Crippen LogP contribution in [-0.4, -0.2) is 55.2 Å². The third-order valence-electron chi connectivity index (χ3n) is 4.87. The van der Waals surface area contributed by atoms with Gasteiger partial charge in [-0.3, -0.25) is 4.79 Å². The van der Waals surface area contributed by atoms with Crippen molar-refractivity contribution in [3.63, 3.8) is 0 Å². The molecule has 1 unspecified atom stereocenters. The van der Waals surface area contributed by atoms with Gasteiger partial charge in [0, 0.05) is 37.8 Å². The summed E-state index contributed by atoms with van der Waals surface area (Å²) < 4.78 is 5.88. The van der Waals surface area contributed by atoms with Crippen LogP contribution < -0.4 is 4.90 Å². The van der Waals surface area contributed by atoms with E-state index in [1.165, 1.54) is 11.3 Å². The van der Waals surface area contributed by atoms with Gasteiger partial charge in [0.25, 0.3) is 5.91 Å². The van der Waals surface area contributed by atoms with E-state index < -0.39 is 0 Å². The number of carbonyl (C=O) groups excluding carboxylic acids is 1. The Labute approximate surface area is 145 Å². The quantitative estimate of drug-likeness (QED) is 0.841. The molecule has 2 fully saturated rings. The number of hydrogen-bond donors (Lipinski definition) is 0. The van der Waals surface area contributed by atoms with E-state index in [4.69, 9.17) is 4.74 Å². The lowest BCUT2D eigenvalue weighted by molar-refractivity contribution is 0.0695. The molecule has 2 aromatic rings. The molecule has 2 saturated heterocycles. The van der Waals surface area contributed by atoms with Crippen LogP contribution in [0.15, 0.2) is 41.9 Å². The highest BCUT2D eigenvalue weighted by atomic mass is 32.1. The maximum Gasteiger partial charge on any atom is 0.264 e. The Balaban J connectivity index is 1.51. The third kappa shape index (κ3) is 3.03. The third-order valence-corrected chi connectivity index (χ3v) is 5.73. The molecule has 0 aliphatic carbocycles. The molecule has 5 nitrogen and oxygen atoms in total. The lowest BCUT2D eigenvalue weighted by Gasteiger charge is -2.31. The van der Waals surface area contributed by atoms with Crippen molar-refractivity contribution in [2.24, 2.45) is 5.41 Å². The molecule has 2 aliphatic rings. The Bertz CT molecular complexity index is 692. The number of rotatable bonds is 2. The fourth-order valence-electron chi connectivity index (χ4n) is 3.64. The molecule has 2 aliphatic heterocycles. The summed E-state index contributed by atoms with van der Waals surface area (Å²) in [6, 6.07) is 9.83. The van der Waals surface area contributed by atoms with E-state index in [1.54, 1.807) is 0 Å². The van der Waals surface area contributed by atoms with Gasteiger partial charge in [-0.05, 0) is 30.0 Å². The first kappa shape index (κ1) is 15.6. The lowest BCUT2D eigenvalue weighted by Crippen LogP contribution is -2.43. The van der Waals surface area contributed by atoms with Crippen molar-refractivity contribution in [2.75, 3.05) is 44.3 Å². The van der Waals surface area contributed by atoms with Crippen molar-refractivity contribution >= 4 is 23.1 Å². The highest BCUT2D eigenvalue weighted by Gasteiger charge is 2.42. The standard InChI is InChI=1S/C18H21N3O2S/c22-17(15-4-3-11-24-15)21-9-10-23-14-18(13-21)6-8-20(12-18)16-5-1-2-7-19-16/h1-5,7,11H,6,8-10,12-14H2. The normalized spacial score (nSPS) is 24.3. The van der Waals surface area contributed by atoms with Gasteiger partial charge in [-0.2, -0.15) is 0 Å². The molecule has 0 aromatic carbocycles. The average molecular weight is 343 g/mol. The molecular weight excluding hydrogens is 322 g/mol. The molecule has 126 valence electrons. The summed E-state index contributed by atoms with van der Waals surface area (Å²) in [4.78, 5) is 22.3. The molecule has 1 atom stereocenters. The Morgan fingerprint density at radius 1 is 1.21 bits per heavy atom. The summed E-state index contributed by atoms with van der Waals surface area (Å²) in [6.45, 7) is 4.60. The zero-order valence-electron chi connectivity index (χ0n) is 13.6. The Hall–Kier alpha value is -1.92. The van der Waals surface area contributed by atoms with Crippen LogP contribution in [0.25, 0.3) is 0 Å². The number of anilines is 1. The van der Waals surface area contributed by atoms with E-state index in [0.29, 0.717) is 19.8 Å². The predicted molar refractivity (Wildman–Crippen MR) is 94.5 cm³/mol. The summed E-state index contributed by atoms with van der Waals surface area (Å²) in [7, 11) is 0. The van der Waals surface area contributed by atoms with Crippen LogP contribution >= 0.6 is 11.3 Å². The van der Waals surface area contributed by atoms with Crippen LogP contribution in [0.1, 0.15) is 16.1 Å². The van der Waals surface area contributed by atoms with Crippen molar-refractivity contribution in [1.29, 1.82) is 0 Å². The van der Waals surface area contributed by atoms with E-state index in [1.807, 2.05) is 46.8 Å². The van der Waals surface area contributed by atoms with Crippen LogP contribution in [0.3, 0.4) is 0 Å². The van der Waals surface area contributed by atoms with Gasteiger partial charge in [0.15, 0.2) is 0 Å². The van der Waals surface area contributed by atoms with Gasteiger partial charge in [-0.1, -0.05) is 12.1 Å². The van der Waals surface area contributed by atoms with Gasteiger partial charge in [0.2, 0.25) is 0 Å². The number of amides is 1. The molecule has 1 amide bonds. The molecule has 2 aromatic heterocycles. The van der Waals surface area contributed by atoms with Gasteiger partial charge in [-0.25, -0.2) is 4.98 Å². The van der Waals surface area contributed by atoms with Gasteiger partial charge in [0.1, 0.15) is 5.82 Å². The Kier molecular flexibility index (Phi) is 4.24. The second kappa shape index (κ2) is 6.53. The minimum atomic E-state index is 0.000933. The van der Waals surface area contributed by atoms with Crippen molar-refractivity contribution in [3.05, 3.63) is 46.8 Å². The number of thiophene rings is 1. The first-order valence-electron chi connectivity index (χ1n) is 8.32. The Morgan fingerprint density at radius 3 is 2.96 bits per heavy atom. The lowest BCUT2D eigenvalue weighted by atomic mass is 9.87. The van der Waals surface area contributed by atoms with Crippen molar-refractivity contribution in [3.8, 4) is 0 Å². The first-order chi connectivity index (χ1) is 11.8. The molecule has 0 radical (unpaired) electrons. The van der Waals surface area contributed by atoms with E-state index in [0.717, 1.165) is 36.8 Å². The summed E-state index contributed by atoms with van der Waals surface area (Å²) >= 11 is 1.51. The number of hydrogen-bond acceptors (Lipinski definition) is 5. The van der Waals surface area contributed by atoms with E-state index in [-0.39, 0.29) is 11.3 Å². The summed E-state index contributed by atoms with van der Waals surface area (Å²) in [5.74, 6) is 1.14. The second-order valence-electron chi connectivity index (χ2n) is 6.62. The predicted octanol–water partition coefficient (Wildman–Crippen LogP) is 2.51. The number of aromatic nitrogens is 1. The second-order valence-corrected chi connectivity index (χ2v) is 7.56. The molecule has 4 heterocycles. The number of carbonyl (C=O) groups is 1. The molecule has 6 heteroatoms. The summed E-state index contributed by atoms with van der Waals surface area (Å²) in [5.41, 5.74) is 0.000933. The van der Waals surface area contributed by atoms with Gasteiger partial charge >= 0.3 is 0 Å². The van der Waals surface area contributed by atoms with Crippen molar-refractivity contribution < 1.29 is 9.53 Å². The zero-order valence-corrected chi connectivity index (χ0v) is 14.4. The summed E-state index contributed by atoms with van der Waals surface area (Å²) in [6.07, 6.45) is 2.86. The molecule has 0 bridgehead atoms. The topological polar surface area (TPSA) is 45.7 Å².